The molecule has 5 heteroatoms. The predicted octanol–water partition coefficient (Wildman–Crippen LogP) is 2.06. The molecule has 2 N–H and O–H groups in total. The van der Waals surface area contributed by atoms with Crippen LogP contribution in [-0.4, -0.2) is 37.7 Å². The number of nitrogens with zero attached hydrogens (tertiary/aromatic N) is 2. The monoisotopic (exact) mass is 278 g/mol. The Labute approximate surface area is 121 Å². The SMILES string of the molecule is CCC(CC)CNC(=NC)NCCOc1cccnc1. The third-order valence-corrected chi connectivity index (χ3v) is 3.23. The van der Waals surface area contributed by atoms with E-state index in [-0.39, 0.29) is 0 Å². The van der Waals surface area contributed by atoms with E-state index in [1.807, 2.05) is 12.1 Å². The smallest absolute Gasteiger partial charge is 0.191 e. The second-order valence-electron chi connectivity index (χ2n) is 4.60. The summed E-state index contributed by atoms with van der Waals surface area (Å²) in [6.07, 6.45) is 5.81. The molecule has 0 atom stereocenters. The molecule has 0 fully saturated rings. The molecule has 20 heavy (non-hydrogen) atoms. The van der Waals surface area contributed by atoms with E-state index in [0.29, 0.717) is 19.1 Å². The first kappa shape index (κ1) is 16.3. The zero-order chi connectivity index (χ0) is 14.6. The van der Waals surface area contributed by atoms with Gasteiger partial charge < -0.3 is 15.4 Å². The number of guanidine groups is 1. The molecule has 0 aliphatic carbocycles. The summed E-state index contributed by atoms with van der Waals surface area (Å²) >= 11 is 0. The summed E-state index contributed by atoms with van der Waals surface area (Å²) in [5, 5.41) is 6.58. The summed E-state index contributed by atoms with van der Waals surface area (Å²) in [7, 11) is 1.78. The molecule has 0 aliphatic heterocycles. The lowest BCUT2D eigenvalue weighted by Crippen LogP contribution is -2.41. The highest BCUT2D eigenvalue weighted by Gasteiger charge is 2.04. The van der Waals surface area contributed by atoms with E-state index in [1.165, 1.54) is 12.8 Å². The lowest BCUT2D eigenvalue weighted by molar-refractivity contribution is 0.320. The van der Waals surface area contributed by atoms with Crippen molar-refractivity contribution >= 4 is 5.96 Å². The minimum absolute atomic E-state index is 0.581. The summed E-state index contributed by atoms with van der Waals surface area (Å²) in [6.45, 7) is 6.67. The van der Waals surface area contributed by atoms with Crippen molar-refractivity contribution in [2.45, 2.75) is 26.7 Å². The van der Waals surface area contributed by atoms with Gasteiger partial charge in [-0.25, -0.2) is 0 Å². The molecule has 0 radical (unpaired) electrons. The minimum atomic E-state index is 0.581. The van der Waals surface area contributed by atoms with Gasteiger partial charge in [0.2, 0.25) is 0 Å². The van der Waals surface area contributed by atoms with Crippen molar-refractivity contribution in [3.05, 3.63) is 24.5 Å². The maximum atomic E-state index is 5.56. The fraction of sp³-hybridized carbons (Fsp3) is 0.600. The van der Waals surface area contributed by atoms with Crippen LogP contribution in [-0.2, 0) is 0 Å². The molecule has 0 bridgehead atoms. The summed E-state index contributed by atoms with van der Waals surface area (Å²) in [6, 6.07) is 3.76. The number of aliphatic imine (C=N–C) groups is 1. The second-order valence-corrected chi connectivity index (χ2v) is 4.60. The number of hydrogen-bond acceptors (Lipinski definition) is 3. The van der Waals surface area contributed by atoms with E-state index >= 15 is 0 Å². The Morgan fingerprint density at radius 3 is 2.75 bits per heavy atom. The molecule has 0 spiro atoms. The van der Waals surface area contributed by atoms with E-state index in [0.717, 1.165) is 18.3 Å². The van der Waals surface area contributed by atoms with Gasteiger partial charge in [-0.05, 0) is 18.1 Å². The predicted molar refractivity (Wildman–Crippen MR) is 83.2 cm³/mol. The fourth-order valence-corrected chi connectivity index (χ4v) is 1.81. The molecule has 0 aliphatic rings. The minimum Gasteiger partial charge on any atom is -0.490 e. The van der Waals surface area contributed by atoms with Gasteiger partial charge in [0.1, 0.15) is 12.4 Å². The number of nitrogens with one attached hydrogen (secondary N) is 2. The molecular formula is C15H26N4O. The van der Waals surface area contributed by atoms with Crippen molar-refractivity contribution in [3.8, 4) is 5.75 Å². The Morgan fingerprint density at radius 2 is 2.15 bits per heavy atom. The fourth-order valence-electron chi connectivity index (χ4n) is 1.81. The van der Waals surface area contributed by atoms with Crippen molar-refractivity contribution in [1.29, 1.82) is 0 Å². The molecule has 5 nitrogen and oxygen atoms in total. The largest absolute Gasteiger partial charge is 0.490 e. The maximum absolute atomic E-state index is 5.56. The molecule has 1 rings (SSSR count). The van der Waals surface area contributed by atoms with Crippen molar-refractivity contribution < 1.29 is 4.74 Å². The average Bonchev–Trinajstić information content (AvgIpc) is 2.51. The molecule has 0 unspecified atom stereocenters. The molecule has 0 aromatic carbocycles. The molecule has 112 valence electrons. The summed E-state index contributed by atoms with van der Waals surface area (Å²) in [5.74, 6) is 2.31. The van der Waals surface area contributed by atoms with Crippen LogP contribution >= 0.6 is 0 Å². The van der Waals surface area contributed by atoms with Gasteiger partial charge in [-0.15, -0.1) is 0 Å². The highest BCUT2D eigenvalue weighted by Crippen LogP contribution is 2.05. The van der Waals surface area contributed by atoms with Crippen molar-refractivity contribution in [2.24, 2.45) is 10.9 Å². The third-order valence-electron chi connectivity index (χ3n) is 3.23. The molecule has 1 aromatic rings. The highest BCUT2D eigenvalue weighted by molar-refractivity contribution is 5.79. The van der Waals surface area contributed by atoms with Crippen LogP contribution in [0.25, 0.3) is 0 Å². The van der Waals surface area contributed by atoms with Crippen molar-refractivity contribution in [1.82, 2.24) is 15.6 Å². The van der Waals surface area contributed by atoms with E-state index < -0.39 is 0 Å². The normalized spacial score (nSPS) is 11.5. The van der Waals surface area contributed by atoms with E-state index in [9.17, 15) is 0 Å². The van der Waals surface area contributed by atoms with Gasteiger partial charge in [-0.1, -0.05) is 26.7 Å². The van der Waals surface area contributed by atoms with Gasteiger partial charge in [-0.2, -0.15) is 0 Å². The van der Waals surface area contributed by atoms with Gasteiger partial charge in [0.15, 0.2) is 5.96 Å². The molecule has 0 amide bonds. The van der Waals surface area contributed by atoms with Crippen LogP contribution in [0.4, 0.5) is 0 Å². The molecular weight excluding hydrogens is 252 g/mol. The van der Waals surface area contributed by atoms with Crippen LogP contribution in [0, 0.1) is 5.92 Å². The molecule has 0 saturated heterocycles. The lowest BCUT2D eigenvalue weighted by atomic mass is 10.0. The first-order valence-corrected chi connectivity index (χ1v) is 7.27. The molecule has 1 heterocycles. The Kier molecular flexibility index (Phi) is 8.19. The zero-order valence-corrected chi connectivity index (χ0v) is 12.7. The average molecular weight is 278 g/mol. The third kappa shape index (κ3) is 6.41. The highest BCUT2D eigenvalue weighted by atomic mass is 16.5. The van der Waals surface area contributed by atoms with E-state index in [4.69, 9.17) is 4.74 Å². The number of rotatable bonds is 8. The van der Waals surface area contributed by atoms with Gasteiger partial charge >= 0.3 is 0 Å². The zero-order valence-electron chi connectivity index (χ0n) is 12.7. The van der Waals surface area contributed by atoms with Gasteiger partial charge in [0.05, 0.1) is 12.7 Å². The van der Waals surface area contributed by atoms with Crippen LogP contribution in [0.3, 0.4) is 0 Å². The van der Waals surface area contributed by atoms with Gasteiger partial charge in [0, 0.05) is 19.8 Å². The summed E-state index contributed by atoms with van der Waals surface area (Å²) in [5.41, 5.74) is 0. The maximum Gasteiger partial charge on any atom is 0.191 e. The van der Waals surface area contributed by atoms with Crippen LogP contribution in [0.15, 0.2) is 29.5 Å². The Bertz CT molecular complexity index is 377. The molecule has 0 saturated carbocycles. The summed E-state index contributed by atoms with van der Waals surface area (Å²) in [4.78, 5) is 8.20. The molecule has 1 aromatic heterocycles. The second kappa shape index (κ2) is 10.1. The van der Waals surface area contributed by atoms with Crippen molar-refractivity contribution in [2.75, 3.05) is 26.7 Å². The topological polar surface area (TPSA) is 58.5 Å². The number of aromatic nitrogens is 1. The van der Waals surface area contributed by atoms with Crippen molar-refractivity contribution in [3.63, 3.8) is 0 Å². The first-order valence-electron chi connectivity index (χ1n) is 7.27. The van der Waals surface area contributed by atoms with Crippen LogP contribution in [0.1, 0.15) is 26.7 Å². The Balaban J connectivity index is 2.18. The standard InChI is InChI=1S/C15H26N4O/c1-4-13(5-2)11-19-15(16-3)18-9-10-20-14-7-6-8-17-12-14/h6-8,12-13H,4-5,9-11H2,1-3H3,(H2,16,18,19). The van der Waals surface area contributed by atoms with Gasteiger partial charge in [-0.3, -0.25) is 9.98 Å². The number of hydrogen-bond donors (Lipinski definition) is 2. The van der Waals surface area contributed by atoms with Crippen LogP contribution in [0.2, 0.25) is 0 Å². The Hall–Kier alpha value is -1.78. The van der Waals surface area contributed by atoms with E-state index in [1.54, 1.807) is 19.4 Å². The van der Waals surface area contributed by atoms with Crippen LogP contribution < -0.4 is 15.4 Å². The first-order chi connectivity index (χ1) is 9.80. The van der Waals surface area contributed by atoms with E-state index in [2.05, 4.69) is 34.5 Å². The summed E-state index contributed by atoms with van der Waals surface area (Å²) < 4.78 is 5.56. The quantitative estimate of drug-likeness (QED) is 0.434. The number of pyridine rings is 1. The van der Waals surface area contributed by atoms with Crippen LogP contribution in [0.5, 0.6) is 5.75 Å². The number of ether oxygens (including phenoxy) is 1. The van der Waals surface area contributed by atoms with Gasteiger partial charge in [0.25, 0.3) is 0 Å². The Morgan fingerprint density at radius 1 is 1.35 bits per heavy atom. The lowest BCUT2D eigenvalue weighted by Gasteiger charge is -2.16.